The van der Waals surface area contributed by atoms with E-state index in [0.29, 0.717) is 31.8 Å². The largest absolute Gasteiger partial charge is 0.435 e. The molecule has 116 valence electrons. The van der Waals surface area contributed by atoms with Crippen molar-refractivity contribution in [2.24, 2.45) is 0 Å². The molecular formula is C14H18F2N2O3. The molecule has 21 heavy (non-hydrogen) atoms. The smallest absolute Gasteiger partial charge is 0.387 e. The summed E-state index contributed by atoms with van der Waals surface area (Å²) in [5.41, 5.74) is 0.446. The predicted molar refractivity (Wildman–Crippen MR) is 72.6 cm³/mol. The normalized spacial score (nSPS) is 18.9. The average Bonchev–Trinajstić information content (AvgIpc) is 2.47. The summed E-state index contributed by atoms with van der Waals surface area (Å²) in [7, 11) is 1.83. The molecule has 0 aromatic heterocycles. The van der Waals surface area contributed by atoms with Gasteiger partial charge in [-0.25, -0.2) is 0 Å². The van der Waals surface area contributed by atoms with E-state index in [1.54, 1.807) is 4.90 Å². The Labute approximate surface area is 121 Å². The minimum absolute atomic E-state index is 0.0332. The van der Waals surface area contributed by atoms with Crippen molar-refractivity contribution in [1.29, 1.82) is 0 Å². The molecular weight excluding hydrogens is 282 g/mol. The van der Waals surface area contributed by atoms with Crippen molar-refractivity contribution in [1.82, 2.24) is 10.2 Å². The van der Waals surface area contributed by atoms with Crippen molar-refractivity contribution in [2.75, 3.05) is 33.3 Å². The number of hydrogen-bond acceptors (Lipinski definition) is 4. The first-order chi connectivity index (χ1) is 10.1. The Hall–Kier alpha value is -1.73. The van der Waals surface area contributed by atoms with Crippen LogP contribution in [-0.2, 0) is 4.74 Å². The van der Waals surface area contributed by atoms with Gasteiger partial charge in [0, 0.05) is 25.2 Å². The van der Waals surface area contributed by atoms with Crippen LogP contribution in [0.25, 0.3) is 0 Å². The van der Waals surface area contributed by atoms with E-state index >= 15 is 0 Å². The van der Waals surface area contributed by atoms with Crippen LogP contribution >= 0.6 is 0 Å². The molecule has 1 N–H and O–H groups in total. The maximum absolute atomic E-state index is 12.3. The summed E-state index contributed by atoms with van der Waals surface area (Å²) in [6.07, 6.45) is -0.0332. The molecule has 0 saturated carbocycles. The second kappa shape index (κ2) is 7.33. The first-order valence-electron chi connectivity index (χ1n) is 6.70. The monoisotopic (exact) mass is 300 g/mol. The van der Waals surface area contributed by atoms with Gasteiger partial charge in [-0.05, 0) is 31.3 Å². The molecule has 2 rings (SSSR count). The molecule has 1 aliphatic rings. The van der Waals surface area contributed by atoms with Crippen molar-refractivity contribution in [2.45, 2.75) is 12.7 Å². The summed E-state index contributed by atoms with van der Waals surface area (Å²) in [6.45, 7) is -0.674. The van der Waals surface area contributed by atoms with E-state index in [-0.39, 0.29) is 17.8 Å². The van der Waals surface area contributed by atoms with Crippen LogP contribution in [0.15, 0.2) is 24.3 Å². The number of carbonyl (C=O) groups is 1. The maximum Gasteiger partial charge on any atom is 0.387 e. The van der Waals surface area contributed by atoms with E-state index in [0.717, 1.165) is 0 Å². The summed E-state index contributed by atoms with van der Waals surface area (Å²) < 4.78 is 33.9. The molecule has 0 radical (unpaired) electrons. The lowest BCUT2D eigenvalue weighted by Crippen LogP contribution is -2.48. The molecule has 1 saturated heterocycles. The minimum atomic E-state index is -2.87. The SMILES string of the molecule is CNCC1CN(C(=O)c2ccc(OC(F)F)cc2)CCO1. The van der Waals surface area contributed by atoms with Crippen LogP contribution in [0.4, 0.5) is 8.78 Å². The molecule has 1 aromatic rings. The number of nitrogens with one attached hydrogen (secondary N) is 1. The third-order valence-corrected chi connectivity index (χ3v) is 3.18. The Morgan fingerprint density at radius 2 is 2.19 bits per heavy atom. The van der Waals surface area contributed by atoms with Crippen molar-refractivity contribution < 1.29 is 23.0 Å². The molecule has 1 atom stereocenters. The third-order valence-electron chi connectivity index (χ3n) is 3.18. The van der Waals surface area contributed by atoms with Crippen LogP contribution < -0.4 is 10.1 Å². The molecule has 0 bridgehead atoms. The average molecular weight is 300 g/mol. The summed E-state index contributed by atoms with van der Waals surface area (Å²) in [5, 5.41) is 3.01. The highest BCUT2D eigenvalue weighted by molar-refractivity contribution is 5.94. The van der Waals surface area contributed by atoms with Crippen LogP contribution in [0.3, 0.4) is 0 Å². The van der Waals surface area contributed by atoms with E-state index in [1.165, 1.54) is 24.3 Å². The number of likely N-dealkylation sites (N-methyl/N-ethyl adjacent to an activating group) is 1. The zero-order valence-electron chi connectivity index (χ0n) is 11.7. The van der Waals surface area contributed by atoms with Crippen LogP contribution in [0, 0.1) is 0 Å². The number of ether oxygens (including phenoxy) is 2. The van der Waals surface area contributed by atoms with Crippen molar-refractivity contribution >= 4 is 5.91 Å². The Balaban J connectivity index is 1.98. The number of amides is 1. The number of halogens is 2. The lowest BCUT2D eigenvalue weighted by atomic mass is 10.1. The van der Waals surface area contributed by atoms with Crippen LogP contribution in [0.1, 0.15) is 10.4 Å². The fraction of sp³-hybridized carbons (Fsp3) is 0.500. The number of benzene rings is 1. The van der Waals surface area contributed by atoms with Gasteiger partial charge in [0.05, 0.1) is 12.7 Å². The molecule has 1 amide bonds. The lowest BCUT2D eigenvalue weighted by molar-refractivity contribution is -0.0498. The van der Waals surface area contributed by atoms with Crippen molar-refractivity contribution in [3.05, 3.63) is 29.8 Å². The first-order valence-corrected chi connectivity index (χ1v) is 6.70. The summed E-state index contributed by atoms with van der Waals surface area (Å²) >= 11 is 0. The van der Waals surface area contributed by atoms with Crippen LogP contribution in [0.5, 0.6) is 5.75 Å². The van der Waals surface area contributed by atoms with Gasteiger partial charge in [-0.15, -0.1) is 0 Å². The Bertz CT molecular complexity index is 466. The molecule has 1 heterocycles. The van der Waals surface area contributed by atoms with Gasteiger partial charge in [0.2, 0.25) is 0 Å². The predicted octanol–water partition coefficient (Wildman–Crippen LogP) is 1.35. The minimum Gasteiger partial charge on any atom is -0.435 e. The molecule has 0 aliphatic carbocycles. The number of carbonyl (C=O) groups excluding carboxylic acids is 1. The number of alkyl halides is 2. The number of hydrogen-bond donors (Lipinski definition) is 1. The van der Waals surface area contributed by atoms with Gasteiger partial charge in [-0.3, -0.25) is 4.79 Å². The first kappa shape index (κ1) is 15.7. The highest BCUT2D eigenvalue weighted by Crippen LogP contribution is 2.17. The van der Waals surface area contributed by atoms with E-state index in [9.17, 15) is 13.6 Å². The highest BCUT2D eigenvalue weighted by Gasteiger charge is 2.24. The topological polar surface area (TPSA) is 50.8 Å². The number of morpholine rings is 1. The van der Waals surface area contributed by atoms with Gasteiger partial charge in [0.1, 0.15) is 5.75 Å². The fourth-order valence-corrected chi connectivity index (χ4v) is 2.22. The second-order valence-corrected chi connectivity index (χ2v) is 4.70. The van der Waals surface area contributed by atoms with Gasteiger partial charge in [-0.2, -0.15) is 8.78 Å². The van der Waals surface area contributed by atoms with E-state index in [4.69, 9.17) is 4.74 Å². The van der Waals surface area contributed by atoms with Crippen LogP contribution in [0.2, 0.25) is 0 Å². The van der Waals surface area contributed by atoms with Crippen molar-refractivity contribution in [3.8, 4) is 5.75 Å². The van der Waals surface area contributed by atoms with Crippen molar-refractivity contribution in [3.63, 3.8) is 0 Å². The van der Waals surface area contributed by atoms with E-state index in [2.05, 4.69) is 10.1 Å². The van der Waals surface area contributed by atoms with E-state index in [1.807, 2.05) is 7.05 Å². The second-order valence-electron chi connectivity index (χ2n) is 4.70. The lowest BCUT2D eigenvalue weighted by Gasteiger charge is -2.33. The Morgan fingerprint density at radius 3 is 2.81 bits per heavy atom. The molecule has 1 fully saturated rings. The van der Waals surface area contributed by atoms with Gasteiger partial charge in [0.15, 0.2) is 0 Å². The molecule has 1 aromatic carbocycles. The molecule has 0 spiro atoms. The Kier molecular flexibility index (Phi) is 5.46. The third kappa shape index (κ3) is 4.37. The van der Waals surface area contributed by atoms with Gasteiger partial charge >= 0.3 is 6.61 Å². The van der Waals surface area contributed by atoms with Gasteiger partial charge in [0.25, 0.3) is 5.91 Å². The highest BCUT2D eigenvalue weighted by atomic mass is 19.3. The zero-order valence-corrected chi connectivity index (χ0v) is 11.7. The molecule has 7 heteroatoms. The number of rotatable bonds is 5. The summed E-state index contributed by atoms with van der Waals surface area (Å²) in [4.78, 5) is 14.0. The molecule has 1 aliphatic heterocycles. The van der Waals surface area contributed by atoms with Crippen LogP contribution in [-0.4, -0.2) is 56.8 Å². The van der Waals surface area contributed by atoms with Gasteiger partial charge in [-0.1, -0.05) is 0 Å². The Morgan fingerprint density at radius 1 is 1.48 bits per heavy atom. The summed E-state index contributed by atoms with van der Waals surface area (Å²) in [5.74, 6) is -0.0976. The number of nitrogens with zero attached hydrogens (tertiary/aromatic N) is 1. The molecule has 5 nitrogen and oxygen atoms in total. The fourth-order valence-electron chi connectivity index (χ4n) is 2.22. The quantitative estimate of drug-likeness (QED) is 0.892. The van der Waals surface area contributed by atoms with E-state index < -0.39 is 6.61 Å². The molecule has 1 unspecified atom stereocenters. The van der Waals surface area contributed by atoms with Gasteiger partial charge < -0.3 is 19.7 Å². The maximum atomic E-state index is 12.3. The summed E-state index contributed by atoms with van der Waals surface area (Å²) in [6, 6.07) is 5.71. The standard InChI is InChI=1S/C14H18F2N2O3/c1-17-8-12-9-18(6-7-20-12)13(19)10-2-4-11(5-3-10)21-14(15)16/h2-5,12,14,17H,6-9H2,1H3. The zero-order chi connectivity index (χ0) is 15.2.